The Morgan fingerprint density at radius 1 is 1.14 bits per heavy atom. The van der Waals surface area contributed by atoms with Crippen molar-refractivity contribution < 1.29 is 4.74 Å². The topological polar surface area (TPSA) is 56.1 Å². The van der Waals surface area contributed by atoms with Gasteiger partial charge in [-0.2, -0.15) is 4.98 Å². The molecule has 5 nitrogen and oxygen atoms in total. The summed E-state index contributed by atoms with van der Waals surface area (Å²) in [6.07, 6.45) is 6.13. The molecule has 0 radical (unpaired) electrons. The minimum absolute atomic E-state index is 0.242. The fraction of sp³-hybridized carbons (Fsp3) is 0.304. The van der Waals surface area contributed by atoms with Crippen molar-refractivity contribution in [1.29, 1.82) is 0 Å². The Hall–Kier alpha value is -3.08. The molecular weight excluding hydrogens is 350 g/mol. The number of nitrogens with one attached hydrogen (secondary N) is 1. The zero-order valence-electron chi connectivity index (χ0n) is 16.4. The van der Waals surface area contributed by atoms with Crippen molar-refractivity contribution in [2.75, 3.05) is 12.4 Å². The molecule has 0 bridgehead atoms. The number of ether oxygens (including phenoxy) is 1. The van der Waals surface area contributed by atoms with E-state index in [1.54, 1.807) is 6.20 Å². The van der Waals surface area contributed by atoms with E-state index in [1.165, 1.54) is 30.2 Å². The minimum Gasteiger partial charge on any atom is -0.490 e. The monoisotopic (exact) mass is 375 g/mol. The van der Waals surface area contributed by atoms with Gasteiger partial charge in [-0.15, -0.1) is 0 Å². The summed E-state index contributed by atoms with van der Waals surface area (Å²) in [4.78, 5) is 16.6. The molecule has 0 saturated carbocycles. The first kappa shape index (κ1) is 18.3. The number of benzene rings is 2. The second kappa shape index (κ2) is 7.89. The second-order valence-electron chi connectivity index (χ2n) is 7.16. The molecule has 1 aromatic heterocycles. The van der Waals surface area contributed by atoms with Gasteiger partial charge in [0.1, 0.15) is 0 Å². The van der Waals surface area contributed by atoms with Gasteiger partial charge >= 0.3 is 5.56 Å². The fourth-order valence-electron chi connectivity index (χ4n) is 3.82. The summed E-state index contributed by atoms with van der Waals surface area (Å²) < 4.78 is 7.14. The largest absolute Gasteiger partial charge is 0.490 e. The number of rotatable bonds is 6. The first-order valence-electron chi connectivity index (χ1n) is 9.79. The normalized spacial score (nSPS) is 12.6. The average molecular weight is 375 g/mol. The molecule has 28 heavy (non-hydrogen) atoms. The van der Waals surface area contributed by atoms with E-state index in [-0.39, 0.29) is 11.3 Å². The maximum absolute atomic E-state index is 12.3. The van der Waals surface area contributed by atoms with E-state index in [0.717, 1.165) is 30.5 Å². The van der Waals surface area contributed by atoms with Gasteiger partial charge in [0, 0.05) is 5.69 Å². The molecule has 5 heteroatoms. The molecular formula is C23H25N3O2. The van der Waals surface area contributed by atoms with Crippen LogP contribution in [0.4, 0.5) is 11.6 Å². The van der Waals surface area contributed by atoms with E-state index in [2.05, 4.69) is 41.5 Å². The predicted octanol–water partition coefficient (Wildman–Crippen LogP) is 4.09. The van der Waals surface area contributed by atoms with Gasteiger partial charge in [0.15, 0.2) is 0 Å². The highest BCUT2D eigenvalue weighted by atomic mass is 16.5. The van der Waals surface area contributed by atoms with E-state index in [1.807, 2.05) is 22.8 Å². The van der Waals surface area contributed by atoms with Crippen molar-refractivity contribution in [1.82, 2.24) is 9.55 Å². The van der Waals surface area contributed by atoms with Crippen LogP contribution in [0.5, 0.6) is 5.75 Å². The van der Waals surface area contributed by atoms with Gasteiger partial charge in [0.2, 0.25) is 11.7 Å². The van der Waals surface area contributed by atoms with E-state index >= 15 is 0 Å². The number of hydrogen-bond donors (Lipinski definition) is 1. The molecule has 3 aromatic rings. The number of nitrogens with zero attached hydrogens (tertiary/aromatic N) is 2. The van der Waals surface area contributed by atoms with Crippen LogP contribution < -0.4 is 15.6 Å². The van der Waals surface area contributed by atoms with Crippen LogP contribution in [0.3, 0.4) is 0 Å². The van der Waals surface area contributed by atoms with Gasteiger partial charge in [-0.3, -0.25) is 4.79 Å². The average Bonchev–Trinajstić information content (AvgIpc) is 3.17. The summed E-state index contributed by atoms with van der Waals surface area (Å²) in [7, 11) is 1.49. The summed E-state index contributed by atoms with van der Waals surface area (Å²) in [6.45, 7) is 2.75. The third-order valence-electron chi connectivity index (χ3n) is 5.32. The van der Waals surface area contributed by atoms with Crippen LogP contribution in [0, 0.1) is 0 Å². The van der Waals surface area contributed by atoms with Crippen LogP contribution in [-0.2, 0) is 25.8 Å². The SMILES string of the molecule is CCc1cc2c(cc1Nc1nc(=O)c(OC)cn1Cc1ccccc1)CCC2. The van der Waals surface area contributed by atoms with Crippen molar-refractivity contribution in [3.63, 3.8) is 0 Å². The van der Waals surface area contributed by atoms with Crippen molar-refractivity contribution in [3.05, 3.63) is 81.3 Å². The third kappa shape index (κ3) is 3.65. The van der Waals surface area contributed by atoms with E-state index < -0.39 is 0 Å². The lowest BCUT2D eigenvalue weighted by atomic mass is 10.0. The van der Waals surface area contributed by atoms with E-state index in [0.29, 0.717) is 12.5 Å². The summed E-state index contributed by atoms with van der Waals surface area (Å²) in [5.41, 5.74) is 5.88. The van der Waals surface area contributed by atoms with Crippen molar-refractivity contribution in [3.8, 4) is 5.75 Å². The van der Waals surface area contributed by atoms with Gasteiger partial charge < -0.3 is 14.6 Å². The number of aromatic nitrogens is 2. The Labute approximate surface area is 165 Å². The highest BCUT2D eigenvalue weighted by Gasteiger charge is 2.16. The van der Waals surface area contributed by atoms with Crippen molar-refractivity contribution in [2.24, 2.45) is 0 Å². The fourth-order valence-corrected chi connectivity index (χ4v) is 3.82. The smallest absolute Gasteiger partial charge is 0.316 e. The third-order valence-corrected chi connectivity index (χ3v) is 5.32. The van der Waals surface area contributed by atoms with Crippen LogP contribution in [0.25, 0.3) is 0 Å². The lowest BCUT2D eigenvalue weighted by molar-refractivity contribution is 0.402. The van der Waals surface area contributed by atoms with Gasteiger partial charge in [-0.1, -0.05) is 43.3 Å². The maximum atomic E-state index is 12.3. The molecule has 0 amide bonds. The van der Waals surface area contributed by atoms with Gasteiger partial charge in [0.05, 0.1) is 19.9 Å². The molecule has 0 aliphatic heterocycles. The van der Waals surface area contributed by atoms with Gasteiger partial charge in [-0.05, 0) is 54.0 Å². The zero-order valence-corrected chi connectivity index (χ0v) is 16.4. The number of hydrogen-bond acceptors (Lipinski definition) is 4. The molecule has 0 spiro atoms. The molecule has 1 heterocycles. The molecule has 1 N–H and O–H groups in total. The van der Waals surface area contributed by atoms with Crippen LogP contribution in [0.1, 0.15) is 35.6 Å². The first-order valence-corrected chi connectivity index (χ1v) is 9.79. The molecule has 1 aliphatic rings. The Balaban J connectivity index is 1.75. The molecule has 144 valence electrons. The molecule has 1 aliphatic carbocycles. The number of methoxy groups -OCH3 is 1. The Morgan fingerprint density at radius 3 is 2.61 bits per heavy atom. The summed E-state index contributed by atoms with van der Waals surface area (Å²) in [5.74, 6) is 0.772. The van der Waals surface area contributed by atoms with Crippen molar-refractivity contribution >= 4 is 11.6 Å². The van der Waals surface area contributed by atoms with Gasteiger partial charge in [0.25, 0.3) is 0 Å². The maximum Gasteiger partial charge on any atom is 0.316 e. The van der Waals surface area contributed by atoms with E-state index in [9.17, 15) is 4.79 Å². The molecule has 2 aromatic carbocycles. The van der Waals surface area contributed by atoms with Gasteiger partial charge in [-0.25, -0.2) is 0 Å². The second-order valence-corrected chi connectivity index (χ2v) is 7.16. The first-order chi connectivity index (χ1) is 13.7. The summed E-state index contributed by atoms with van der Waals surface area (Å²) in [5, 5.41) is 3.43. The Kier molecular flexibility index (Phi) is 5.15. The lowest BCUT2D eigenvalue weighted by Gasteiger charge is -2.18. The summed E-state index contributed by atoms with van der Waals surface area (Å²) >= 11 is 0. The number of aryl methyl sites for hydroxylation is 3. The molecule has 0 saturated heterocycles. The van der Waals surface area contributed by atoms with Crippen LogP contribution in [0.2, 0.25) is 0 Å². The van der Waals surface area contributed by atoms with E-state index in [4.69, 9.17) is 4.74 Å². The highest BCUT2D eigenvalue weighted by Crippen LogP contribution is 2.30. The lowest BCUT2D eigenvalue weighted by Crippen LogP contribution is -2.19. The minimum atomic E-state index is -0.367. The van der Waals surface area contributed by atoms with Crippen LogP contribution in [-0.4, -0.2) is 16.7 Å². The molecule has 0 atom stereocenters. The zero-order chi connectivity index (χ0) is 19.5. The molecule has 4 rings (SSSR count). The van der Waals surface area contributed by atoms with Crippen molar-refractivity contribution in [2.45, 2.75) is 39.2 Å². The standard InChI is InChI=1S/C23H25N3O2/c1-3-17-12-18-10-7-11-19(18)13-20(17)24-23-25-22(27)21(28-2)15-26(23)14-16-8-5-4-6-9-16/h4-6,8-9,12-13,15H,3,7,10-11,14H2,1-2H3,(H,24,25,27). The van der Waals surface area contributed by atoms with Crippen LogP contribution >= 0.6 is 0 Å². The quantitative estimate of drug-likeness (QED) is 0.705. The summed E-state index contributed by atoms with van der Waals surface area (Å²) in [6, 6.07) is 14.6. The van der Waals surface area contributed by atoms with Crippen LogP contribution in [0.15, 0.2) is 53.5 Å². The molecule has 0 unspecified atom stereocenters. The number of anilines is 2. The molecule has 0 fully saturated rings. The highest BCUT2D eigenvalue weighted by molar-refractivity contribution is 5.62. The predicted molar refractivity (Wildman–Crippen MR) is 112 cm³/mol. The number of fused-ring (bicyclic) bond motifs is 1. The Morgan fingerprint density at radius 2 is 1.89 bits per heavy atom. The Bertz CT molecular complexity index is 1040.